The van der Waals surface area contributed by atoms with Gasteiger partial charge in [-0.05, 0) is 18.2 Å². The Morgan fingerprint density at radius 2 is 2.16 bits per heavy atom. The molecule has 98 valence electrons. The van der Waals surface area contributed by atoms with E-state index in [2.05, 4.69) is 20.5 Å². The van der Waals surface area contributed by atoms with Gasteiger partial charge in [0.25, 0.3) is 5.91 Å². The summed E-state index contributed by atoms with van der Waals surface area (Å²) in [6.45, 7) is 1.33. The van der Waals surface area contributed by atoms with Gasteiger partial charge < -0.3 is 14.8 Å². The van der Waals surface area contributed by atoms with Crippen LogP contribution in [-0.4, -0.2) is 34.3 Å². The zero-order valence-electron chi connectivity index (χ0n) is 10.0. The van der Waals surface area contributed by atoms with Gasteiger partial charge in [-0.3, -0.25) is 9.89 Å². The summed E-state index contributed by atoms with van der Waals surface area (Å²) >= 11 is 0. The number of carbonyl (C=O) groups excluding carboxylic acids is 1. The van der Waals surface area contributed by atoms with Gasteiger partial charge in [0.05, 0.1) is 6.54 Å². The van der Waals surface area contributed by atoms with E-state index in [0.29, 0.717) is 42.6 Å². The van der Waals surface area contributed by atoms with E-state index in [1.54, 1.807) is 18.2 Å². The second-order valence-electron chi connectivity index (χ2n) is 3.97. The summed E-state index contributed by atoms with van der Waals surface area (Å²) in [6.07, 6.45) is 1.39. The van der Waals surface area contributed by atoms with Crippen LogP contribution in [0.2, 0.25) is 0 Å². The predicted octanol–water partition coefficient (Wildman–Crippen LogP) is 0.506. The fourth-order valence-electron chi connectivity index (χ4n) is 1.77. The number of ether oxygens (including phenoxy) is 2. The highest BCUT2D eigenvalue weighted by Gasteiger charge is 2.14. The lowest BCUT2D eigenvalue weighted by Gasteiger charge is -2.18. The Bertz CT molecular complexity index is 583. The van der Waals surface area contributed by atoms with E-state index in [9.17, 15) is 4.79 Å². The number of carbonyl (C=O) groups is 1. The van der Waals surface area contributed by atoms with Gasteiger partial charge in [-0.25, -0.2) is 4.98 Å². The number of benzene rings is 1. The molecule has 7 heteroatoms. The number of nitrogens with one attached hydrogen (secondary N) is 2. The van der Waals surface area contributed by atoms with Crippen molar-refractivity contribution in [1.29, 1.82) is 0 Å². The van der Waals surface area contributed by atoms with Crippen LogP contribution in [0.3, 0.4) is 0 Å². The number of hydrogen-bond acceptors (Lipinski definition) is 5. The molecule has 0 fully saturated rings. The number of nitrogens with zero attached hydrogens (tertiary/aromatic N) is 2. The Balaban J connectivity index is 1.69. The minimum Gasteiger partial charge on any atom is -0.486 e. The average Bonchev–Trinajstić information content (AvgIpc) is 2.97. The summed E-state index contributed by atoms with van der Waals surface area (Å²) in [5, 5.41) is 9.12. The molecule has 7 nitrogen and oxygen atoms in total. The molecule has 2 aromatic rings. The molecule has 19 heavy (non-hydrogen) atoms. The smallest absolute Gasteiger partial charge is 0.251 e. The van der Waals surface area contributed by atoms with Crippen molar-refractivity contribution in [2.45, 2.75) is 6.54 Å². The highest BCUT2D eigenvalue weighted by Crippen LogP contribution is 2.30. The van der Waals surface area contributed by atoms with Crippen LogP contribution in [-0.2, 0) is 6.54 Å². The molecule has 1 aromatic carbocycles. The maximum absolute atomic E-state index is 12.0. The lowest BCUT2D eigenvalue weighted by Crippen LogP contribution is -2.24. The van der Waals surface area contributed by atoms with Crippen molar-refractivity contribution in [3.8, 4) is 11.5 Å². The highest BCUT2D eigenvalue weighted by molar-refractivity contribution is 5.94. The summed E-state index contributed by atoms with van der Waals surface area (Å²) in [7, 11) is 0. The molecule has 0 saturated carbocycles. The second kappa shape index (κ2) is 4.97. The van der Waals surface area contributed by atoms with Gasteiger partial charge in [0.1, 0.15) is 25.4 Å². The molecule has 0 bridgehead atoms. The van der Waals surface area contributed by atoms with Gasteiger partial charge in [0, 0.05) is 5.56 Å². The average molecular weight is 260 g/mol. The molecule has 2 N–H and O–H groups in total. The van der Waals surface area contributed by atoms with Crippen LogP contribution in [0, 0.1) is 0 Å². The van der Waals surface area contributed by atoms with Crippen LogP contribution < -0.4 is 14.8 Å². The molecular formula is C12H12N4O3. The number of H-pyrrole nitrogens is 1. The summed E-state index contributed by atoms with van der Waals surface area (Å²) < 4.78 is 10.8. The largest absolute Gasteiger partial charge is 0.486 e. The summed E-state index contributed by atoms with van der Waals surface area (Å²) in [6, 6.07) is 5.10. The number of aromatic nitrogens is 3. The Hall–Kier alpha value is -2.57. The third kappa shape index (κ3) is 2.49. The summed E-state index contributed by atoms with van der Waals surface area (Å²) in [5.74, 6) is 1.66. The van der Waals surface area contributed by atoms with Crippen molar-refractivity contribution in [2.75, 3.05) is 13.2 Å². The van der Waals surface area contributed by atoms with E-state index in [1.165, 1.54) is 6.33 Å². The van der Waals surface area contributed by atoms with E-state index in [1.807, 2.05) is 0 Å². The lowest BCUT2D eigenvalue weighted by molar-refractivity contribution is 0.0948. The zero-order valence-corrected chi connectivity index (χ0v) is 10.0. The van der Waals surface area contributed by atoms with Crippen molar-refractivity contribution in [2.24, 2.45) is 0 Å². The first-order chi connectivity index (χ1) is 9.33. The molecule has 1 aromatic heterocycles. The Morgan fingerprint density at radius 1 is 1.32 bits per heavy atom. The van der Waals surface area contributed by atoms with Crippen molar-refractivity contribution in [1.82, 2.24) is 20.5 Å². The summed E-state index contributed by atoms with van der Waals surface area (Å²) in [5.41, 5.74) is 0.517. The quantitative estimate of drug-likeness (QED) is 0.839. The fourth-order valence-corrected chi connectivity index (χ4v) is 1.77. The van der Waals surface area contributed by atoms with Crippen LogP contribution >= 0.6 is 0 Å². The highest BCUT2D eigenvalue weighted by atomic mass is 16.6. The molecule has 2 heterocycles. The third-order valence-corrected chi connectivity index (χ3v) is 2.69. The maximum atomic E-state index is 12.0. The van der Waals surface area contributed by atoms with Gasteiger partial charge in [-0.1, -0.05) is 0 Å². The first kappa shape index (κ1) is 11.5. The second-order valence-corrected chi connectivity index (χ2v) is 3.97. The predicted molar refractivity (Wildman–Crippen MR) is 65.0 cm³/mol. The van der Waals surface area contributed by atoms with Crippen LogP contribution in [0.5, 0.6) is 11.5 Å². The molecule has 1 aliphatic rings. The van der Waals surface area contributed by atoms with Crippen molar-refractivity contribution in [3.63, 3.8) is 0 Å². The van der Waals surface area contributed by atoms with Crippen LogP contribution in [0.25, 0.3) is 0 Å². The Morgan fingerprint density at radius 3 is 2.95 bits per heavy atom. The van der Waals surface area contributed by atoms with Gasteiger partial charge in [-0.2, -0.15) is 5.10 Å². The van der Waals surface area contributed by atoms with E-state index in [-0.39, 0.29) is 5.91 Å². The Labute approximate surface area is 108 Å². The molecule has 0 saturated heterocycles. The van der Waals surface area contributed by atoms with Gasteiger partial charge in [-0.15, -0.1) is 0 Å². The van der Waals surface area contributed by atoms with Crippen LogP contribution in [0.1, 0.15) is 16.2 Å². The minimum absolute atomic E-state index is 0.201. The number of amides is 1. The molecule has 3 rings (SSSR count). The molecule has 0 spiro atoms. The normalized spacial score (nSPS) is 13.1. The number of fused-ring (bicyclic) bond motifs is 1. The SMILES string of the molecule is O=C(NCc1ncn[nH]1)c1ccc2c(c1)OCCO2. The van der Waals surface area contributed by atoms with Crippen molar-refractivity contribution in [3.05, 3.63) is 35.9 Å². The van der Waals surface area contributed by atoms with E-state index in [0.717, 1.165) is 0 Å². The van der Waals surface area contributed by atoms with E-state index >= 15 is 0 Å². The van der Waals surface area contributed by atoms with Crippen LogP contribution in [0.15, 0.2) is 24.5 Å². The minimum atomic E-state index is -0.201. The van der Waals surface area contributed by atoms with Crippen molar-refractivity contribution < 1.29 is 14.3 Å². The number of aromatic amines is 1. The van der Waals surface area contributed by atoms with E-state index in [4.69, 9.17) is 9.47 Å². The fraction of sp³-hybridized carbons (Fsp3) is 0.250. The zero-order chi connectivity index (χ0) is 13.1. The van der Waals surface area contributed by atoms with E-state index < -0.39 is 0 Å². The third-order valence-electron chi connectivity index (χ3n) is 2.69. The summed E-state index contributed by atoms with van der Waals surface area (Å²) in [4.78, 5) is 15.9. The Kier molecular flexibility index (Phi) is 3.01. The molecule has 0 radical (unpaired) electrons. The molecule has 0 atom stereocenters. The van der Waals surface area contributed by atoms with Crippen molar-refractivity contribution >= 4 is 5.91 Å². The lowest BCUT2D eigenvalue weighted by atomic mass is 10.2. The first-order valence-electron chi connectivity index (χ1n) is 5.85. The van der Waals surface area contributed by atoms with Crippen LogP contribution in [0.4, 0.5) is 0 Å². The maximum Gasteiger partial charge on any atom is 0.251 e. The molecular weight excluding hydrogens is 248 g/mol. The van der Waals surface area contributed by atoms with Gasteiger partial charge in [0.2, 0.25) is 0 Å². The number of rotatable bonds is 3. The molecule has 1 aliphatic heterocycles. The first-order valence-corrected chi connectivity index (χ1v) is 5.85. The number of hydrogen-bond donors (Lipinski definition) is 2. The molecule has 0 unspecified atom stereocenters. The monoisotopic (exact) mass is 260 g/mol. The topological polar surface area (TPSA) is 89.1 Å². The standard InChI is InChI=1S/C12H12N4O3/c17-12(13-6-11-14-7-15-16-11)8-1-2-9-10(5-8)19-4-3-18-9/h1-2,5,7H,3-4,6H2,(H,13,17)(H,14,15,16). The molecule has 1 amide bonds. The molecule has 0 aliphatic carbocycles. The van der Waals surface area contributed by atoms with Gasteiger partial charge >= 0.3 is 0 Å². The van der Waals surface area contributed by atoms with Gasteiger partial charge in [0.15, 0.2) is 11.5 Å².